The quantitative estimate of drug-likeness (QED) is 0.147. The molecule has 260 valence electrons. The van der Waals surface area contributed by atoms with E-state index in [1.165, 1.54) is 21.7 Å². The van der Waals surface area contributed by atoms with Crippen LogP contribution in [0.5, 0.6) is 0 Å². The molecule has 0 atom stereocenters. The minimum atomic E-state index is -0.157. The standard InChI is InChI=1S/C24H25N7.C16H14N4O/c1-15(2)31-14-28-21-23(26-9-8-17-13-27-20-7-5-4-6-19(17)20)29-22(30-24(21)31)18-10-16(3)11-25-12-18;1-10(2)13-14(11-6-4-3-5-7-11)19-15-12(8-17)9-18-20(15)16(13)21/h4-7,10-15,27H,8-9H2,1-3H3,(H,26,29,30);3-7,9-10,18H,1-2H3. The molecule has 6 aromatic heterocycles. The van der Waals surface area contributed by atoms with Crippen LogP contribution in [0.3, 0.4) is 0 Å². The Morgan fingerprint density at radius 1 is 0.923 bits per heavy atom. The van der Waals surface area contributed by atoms with E-state index < -0.39 is 0 Å². The van der Waals surface area contributed by atoms with Crippen molar-refractivity contribution in [2.45, 2.75) is 53.0 Å². The first-order valence-corrected chi connectivity index (χ1v) is 17.3. The summed E-state index contributed by atoms with van der Waals surface area (Å²) in [5.41, 5.74) is 8.78. The Hall–Kier alpha value is -6.61. The van der Waals surface area contributed by atoms with Crippen LogP contribution in [-0.4, -0.2) is 50.6 Å². The van der Waals surface area contributed by atoms with Crippen molar-refractivity contribution < 1.29 is 0 Å². The Kier molecular flexibility index (Phi) is 9.33. The summed E-state index contributed by atoms with van der Waals surface area (Å²) >= 11 is 0. The average Bonchev–Trinajstić information content (AvgIpc) is 3.89. The maximum atomic E-state index is 12.7. The molecule has 0 amide bonds. The molecule has 12 nitrogen and oxygen atoms in total. The minimum Gasteiger partial charge on any atom is -0.368 e. The number of hydrogen-bond donors (Lipinski definition) is 3. The van der Waals surface area contributed by atoms with E-state index in [2.05, 4.69) is 85.3 Å². The van der Waals surface area contributed by atoms with Crippen LogP contribution in [0.1, 0.15) is 61.9 Å². The molecule has 0 spiro atoms. The summed E-state index contributed by atoms with van der Waals surface area (Å²) in [6, 6.07) is 22.3. The van der Waals surface area contributed by atoms with Crippen LogP contribution in [0.2, 0.25) is 0 Å². The van der Waals surface area contributed by atoms with Crippen LogP contribution in [0.15, 0.2) is 96.6 Å². The maximum Gasteiger partial charge on any atom is 0.276 e. The van der Waals surface area contributed by atoms with Gasteiger partial charge in [0.2, 0.25) is 0 Å². The third-order valence-electron chi connectivity index (χ3n) is 8.91. The molecule has 52 heavy (non-hydrogen) atoms. The molecule has 0 fully saturated rings. The van der Waals surface area contributed by atoms with E-state index in [-0.39, 0.29) is 17.5 Å². The van der Waals surface area contributed by atoms with Crippen LogP contribution in [0.25, 0.3) is 50.4 Å². The van der Waals surface area contributed by atoms with Gasteiger partial charge in [0, 0.05) is 65.0 Å². The highest BCUT2D eigenvalue weighted by Gasteiger charge is 2.20. The molecule has 0 saturated heterocycles. The number of pyridine rings is 1. The van der Waals surface area contributed by atoms with E-state index in [4.69, 9.17) is 15.2 Å². The predicted molar refractivity (Wildman–Crippen MR) is 204 cm³/mol. The zero-order valence-corrected chi connectivity index (χ0v) is 29.7. The van der Waals surface area contributed by atoms with Gasteiger partial charge in [0.1, 0.15) is 17.1 Å². The molecule has 8 aromatic rings. The summed E-state index contributed by atoms with van der Waals surface area (Å²) in [5.74, 6) is 1.44. The van der Waals surface area contributed by atoms with Crippen molar-refractivity contribution >= 4 is 33.5 Å². The molecule has 12 heteroatoms. The molecule has 8 rings (SSSR count). The normalized spacial score (nSPS) is 11.3. The molecule has 2 aromatic carbocycles. The Labute approximate surface area is 300 Å². The smallest absolute Gasteiger partial charge is 0.276 e. The number of aromatic nitrogens is 9. The van der Waals surface area contributed by atoms with Crippen LogP contribution in [0, 0.1) is 18.3 Å². The fourth-order valence-corrected chi connectivity index (χ4v) is 6.32. The van der Waals surface area contributed by atoms with E-state index >= 15 is 0 Å². The van der Waals surface area contributed by atoms with Gasteiger partial charge in [-0.3, -0.25) is 14.9 Å². The number of fused-ring (bicyclic) bond motifs is 3. The molecular weight excluding hydrogens is 651 g/mol. The Morgan fingerprint density at radius 2 is 1.71 bits per heavy atom. The molecule has 0 aliphatic heterocycles. The molecule has 0 bridgehead atoms. The zero-order chi connectivity index (χ0) is 36.4. The molecule has 0 aliphatic rings. The average molecular weight is 690 g/mol. The molecular formula is C40H39N11O. The number of nitriles is 1. The van der Waals surface area contributed by atoms with Gasteiger partial charge in [0.15, 0.2) is 22.9 Å². The number of aromatic amines is 2. The number of nitrogens with zero attached hydrogens (tertiary/aromatic N) is 8. The highest BCUT2D eigenvalue weighted by Crippen LogP contribution is 2.28. The van der Waals surface area contributed by atoms with Gasteiger partial charge in [0.25, 0.3) is 5.56 Å². The van der Waals surface area contributed by atoms with Crippen molar-refractivity contribution in [1.29, 1.82) is 5.26 Å². The largest absolute Gasteiger partial charge is 0.368 e. The predicted octanol–water partition coefficient (Wildman–Crippen LogP) is 7.60. The summed E-state index contributed by atoms with van der Waals surface area (Å²) in [5, 5.41) is 16.7. The summed E-state index contributed by atoms with van der Waals surface area (Å²) in [4.78, 5) is 39.2. The number of H-pyrrole nitrogens is 2. The lowest BCUT2D eigenvalue weighted by Gasteiger charge is -2.11. The topological polar surface area (TPSA) is 158 Å². The fraction of sp³-hybridized carbons (Fsp3) is 0.225. The van der Waals surface area contributed by atoms with Gasteiger partial charge in [-0.15, -0.1) is 0 Å². The zero-order valence-electron chi connectivity index (χ0n) is 29.7. The minimum absolute atomic E-state index is 0.0333. The second-order valence-electron chi connectivity index (χ2n) is 13.3. The fourth-order valence-electron chi connectivity index (χ4n) is 6.32. The number of nitrogens with one attached hydrogen (secondary N) is 3. The Morgan fingerprint density at radius 3 is 2.46 bits per heavy atom. The third kappa shape index (κ3) is 6.52. The first-order valence-electron chi connectivity index (χ1n) is 17.3. The van der Waals surface area contributed by atoms with E-state index in [1.54, 1.807) is 6.20 Å². The Balaban J connectivity index is 0.000000175. The number of rotatable bonds is 8. The van der Waals surface area contributed by atoms with Crippen molar-refractivity contribution in [2.75, 3.05) is 11.9 Å². The summed E-state index contributed by atoms with van der Waals surface area (Å²) in [6.45, 7) is 10.9. The second kappa shape index (κ2) is 14.3. The molecule has 6 heterocycles. The van der Waals surface area contributed by atoms with Crippen molar-refractivity contribution in [3.05, 3.63) is 124 Å². The van der Waals surface area contributed by atoms with Crippen molar-refractivity contribution in [3.63, 3.8) is 0 Å². The van der Waals surface area contributed by atoms with Crippen LogP contribution < -0.4 is 10.9 Å². The number of aryl methyl sites for hydroxylation is 1. The van der Waals surface area contributed by atoms with Crippen LogP contribution in [-0.2, 0) is 6.42 Å². The molecule has 0 aliphatic carbocycles. The maximum absolute atomic E-state index is 12.7. The summed E-state index contributed by atoms with van der Waals surface area (Å²) < 4.78 is 3.41. The SMILES string of the molecule is CC(C)c1c(-c2ccccc2)nc2c(C#N)c[nH]n2c1=O.Cc1cncc(-c2nc(NCCc3c[nH]c4ccccc34)c3ncn(C(C)C)c3n2)c1. The van der Waals surface area contributed by atoms with Crippen molar-refractivity contribution in [1.82, 2.24) is 44.1 Å². The second-order valence-corrected chi connectivity index (χ2v) is 13.3. The first-order chi connectivity index (χ1) is 25.2. The van der Waals surface area contributed by atoms with Gasteiger partial charge in [-0.1, -0.05) is 62.4 Å². The number of anilines is 1. The van der Waals surface area contributed by atoms with E-state index in [0.717, 1.165) is 52.2 Å². The van der Waals surface area contributed by atoms with Crippen LogP contribution in [0.4, 0.5) is 5.82 Å². The van der Waals surface area contributed by atoms with Crippen molar-refractivity contribution in [2.24, 2.45) is 0 Å². The van der Waals surface area contributed by atoms with Gasteiger partial charge in [-0.2, -0.15) is 5.26 Å². The molecule has 3 N–H and O–H groups in total. The molecule has 0 unspecified atom stereocenters. The van der Waals surface area contributed by atoms with Crippen molar-refractivity contribution in [3.8, 4) is 28.7 Å². The van der Waals surface area contributed by atoms with Gasteiger partial charge in [-0.25, -0.2) is 24.5 Å². The monoisotopic (exact) mass is 689 g/mol. The number of benzene rings is 2. The van der Waals surface area contributed by atoms with Gasteiger partial charge < -0.3 is 14.9 Å². The molecule has 0 saturated carbocycles. The lowest BCUT2D eigenvalue weighted by Crippen LogP contribution is -2.22. The third-order valence-corrected chi connectivity index (χ3v) is 8.91. The number of hydrogen-bond acceptors (Lipinski definition) is 8. The first kappa shape index (κ1) is 33.9. The van der Waals surface area contributed by atoms with Crippen LogP contribution >= 0.6 is 0 Å². The highest BCUT2D eigenvalue weighted by atomic mass is 16.1. The van der Waals surface area contributed by atoms with E-state index in [9.17, 15) is 4.79 Å². The number of imidazole rings is 1. The Bertz CT molecular complexity index is 2620. The van der Waals surface area contributed by atoms with Gasteiger partial charge >= 0.3 is 0 Å². The molecule has 0 radical (unpaired) electrons. The van der Waals surface area contributed by atoms with E-state index in [0.29, 0.717) is 28.3 Å². The van der Waals surface area contributed by atoms with E-state index in [1.807, 2.05) is 69.7 Å². The highest BCUT2D eigenvalue weighted by molar-refractivity contribution is 5.86. The number of para-hydroxylation sites is 1. The summed E-state index contributed by atoms with van der Waals surface area (Å²) in [7, 11) is 0. The van der Waals surface area contributed by atoms with Gasteiger partial charge in [-0.05, 0) is 56.4 Å². The lowest BCUT2D eigenvalue weighted by molar-refractivity contribution is 0.613. The lowest BCUT2D eigenvalue weighted by atomic mass is 9.98. The summed E-state index contributed by atoms with van der Waals surface area (Å²) in [6.07, 6.45) is 9.94. The van der Waals surface area contributed by atoms with Gasteiger partial charge in [0.05, 0.1) is 12.0 Å².